The van der Waals surface area contributed by atoms with Crippen LogP contribution in [0.2, 0.25) is 5.02 Å². The van der Waals surface area contributed by atoms with Gasteiger partial charge in [0.1, 0.15) is 0 Å². The Hall–Kier alpha value is -1.38. The predicted octanol–water partition coefficient (Wildman–Crippen LogP) is 4.30. The summed E-state index contributed by atoms with van der Waals surface area (Å²) in [5.74, 6) is 0.588. The number of rotatable bonds is 4. The third-order valence-corrected chi connectivity index (χ3v) is 5.70. The van der Waals surface area contributed by atoms with E-state index in [1.807, 2.05) is 6.20 Å². The van der Waals surface area contributed by atoms with Gasteiger partial charge in [0.15, 0.2) is 0 Å². The van der Waals surface area contributed by atoms with Crippen LogP contribution in [-0.4, -0.2) is 28.5 Å². The Labute approximate surface area is 137 Å². The topological polar surface area (TPSA) is 16.1 Å². The average molecular weight is 313 g/mol. The van der Waals surface area contributed by atoms with Gasteiger partial charge in [-0.25, -0.2) is 0 Å². The molecule has 0 N–H and O–H groups in total. The van der Waals surface area contributed by atoms with Crippen LogP contribution in [0.15, 0.2) is 48.8 Å². The monoisotopic (exact) mass is 312 g/mol. The van der Waals surface area contributed by atoms with Crippen molar-refractivity contribution in [3.8, 4) is 0 Å². The molecule has 2 nitrogen and oxygen atoms in total. The second-order valence-corrected chi connectivity index (χ2v) is 6.92. The molecule has 2 aromatic rings. The van der Waals surface area contributed by atoms with Crippen molar-refractivity contribution in [3.63, 3.8) is 0 Å². The maximum Gasteiger partial charge on any atom is 0.0624 e. The highest BCUT2D eigenvalue weighted by molar-refractivity contribution is 6.31. The lowest BCUT2D eigenvalue weighted by molar-refractivity contribution is 0.251. The van der Waals surface area contributed by atoms with Crippen LogP contribution in [0.25, 0.3) is 0 Å². The largest absolute Gasteiger partial charge is 0.296 e. The van der Waals surface area contributed by atoms with Crippen molar-refractivity contribution in [1.82, 2.24) is 9.88 Å². The third-order valence-electron chi connectivity index (χ3n) is 5.39. The zero-order valence-corrected chi connectivity index (χ0v) is 13.4. The molecule has 114 valence electrons. The molecule has 2 aliphatic heterocycles. The van der Waals surface area contributed by atoms with Gasteiger partial charge in [0.25, 0.3) is 0 Å². The standard InChI is InChI=1S/C19H21ClN2/c20-18-13-21-10-8-16(18)17-12-15-6-7-19(17)22(15)11-9-14-4-2-1-3-5-14/h1-5,8,10,13,15,17,19H,6-7,9,11-12H2. The Morgan fingerprint density at radius 3 is 2.82 bits per heavy atom. The van der Waals surface area contributed by atoms with E-state index in [4.69, 9.17) is 11.6 Å². The molecule has 1 aromatic carbocycles. The summed E-state index contributed by atoms with van der Waals surface area (Å²) in [5.41, 5.74) is 2.74. The maximum absolute atomic E-state index is 6.38. The van der Waals surface area contributed by atoms with Gasteiger partial charge in [-0.3, -0.25) is 9.88 Å². The fourth-order valence-electron chi connectivity index (χ4n) is 4.37. The second kappa shape index (κ2) is 6.02. The van der Waals surface area contributed by atoms with Gasteiger partial charge in [-0.15, -0.1) is 0 Å². The molecule has 0 aliphatic carbocycles. The van der Waals surface area contributed by atoms with E-state index in [0.29, 0.717) is 12.0 Å². The second-order valence-electron chi connectivity index (χ2n) is 6.51. The summed E-state index contributed by atoms with van der Waals surface area (Å²) in [6, 6.07) is 14.3. The van der Waals surface area contributed by atoms with Crippen LogP contribution < -0.4 is 0 Å². The van der Waals surface area contributed by atoms with Crippen molar-refractivity contribution in [2.24, 2.45) is 0 Å². The summed E-state index contributed by atoms with van der Waals surface area (Å²) in [6.07, 6.45) is 8.72. The minimum absolute atomic E-state index is 0.588. The van der Waals surface area contributed by atoms with Crippen LogP contribution in [0.3, 0.4) is 0 Å². The number of benzene rings is 1. The highest BCUT2D eigenvalue weighted by atomic mass is 35.5. The molecule has 22 heavy (non-hydrogen) atoms. The van der Waals surface area contributed by atoms with Gasteiger partial charge < -0.3 is 0 Å². The Morgan fingerprint density at radius 1 is 1.14 bits per heavy atom. The fourth-order valence-corrected chi connectivity index (χ4v) is 4.63. The predicted molar refractivity (Wildman–Crippen MR) is 90.3 cm³/mol. The van der Waals surface area contributed by atoms with Gasteiger partial charge in [-0.2, -0.15) is 0 Å². The van der Waals surface area contributed by atoms with Crippen molar-refractivity contribution in [1.29, 1.82) is 0 Å². The number of aromatic nitrogens is 1. The zero-order valence-electron chi connectivity index (χ0n) is 12.7. The Balaban J connectivity index is 1.48. The van der Waals surface area contributed by atoms with E-state index in [1.54, 1.807) is 6.20 Å². The molecule has 2 bridgehead atoms. The minimum atomic E-state index is 0.588. The molecule has 2 fully saturated rings. The zero-order chi connectivity index (χ0) is 14.9. The van der Waals surface area contributed by atoms with Crippen molar-refractivity contribution < 1.29 is 0 Å². The molecule has 0 saturated carbocycles. The Morgan fingerprint density at radius 2 is 2.00 bits per heavy atom. The molecule has 4 rings (SSSR count). The Kier molecular flexibility index (Phi) is 3.89. The molecule has 0 radical (unpaired) electrons. The Bertz CT molecular complexity index is 643. The highest BCUT2D eigenvalue weighted by Gasteiger charge is 2.46. The number of hydrogen-bond acceptors (Lipinski definition) is 2. The first kappa shape index (κ1) is 14.2. The van der Waals surface area contributed by atoms with Crippen molar-refractivity contribution >= 4 is 11.6 Å². The summed E-state index contributed by atoms with van der Waals surface area (Å²) >= 11 is 6.38. The van der Waals surface area contributed by atoms with Crippen LogP contribution in [-0.2, 0) is 6.42 Å². The van der Waals surface area contributed by atoms with E-state index in [9.17, 15) is 0 Å². The molecule has 3 heteroatoms. The van der Waals surface area contributed by atoms with Gasteiger partial charge in [0.05, 0.1) is 5.02 Å². The SMILES string of the molecule is Clc1cnccc1C1CC2CCC1N2CCc1ccccc1. The van der Waals surface area contributed by atoms with Crippen LogP contribution in [0.1, 0.15) is 36.3 Å². The van der Waals surface area contributed by atoms with Crippen LogP contribution in [0.4, 0.5) is 0 Å². The van der Waals surface area contributed by atoms with E-state index in [1.165, 1.54) is 36.9 Å². The molecule has 0 amide bonds. The minimum Gasteiger partial charge on any atom is -0.296 e. The smallest absolute Gasteiger partial charge is 0.0624 e. The van der Waals surface area contributed by atoms with Crippen LogP contribution in [0, 0.1) is 0 Å². The van der Waals surface area contributed by atoms with E-state index in [0.717, 1.165) is 17.5 Å². The number of pyridine rings is 1. The van der Waals surface area contributed by atoms with Crippen LogP contribution in [0.5, 0.6) is 0 Å². The first-order valence-electron chi connectivity index (χ1n) is 8.22. The van der Waals surface area contributed by atoms with E-state index in [2.05, 4.69) is 46.3 Å². The molecule has 3 unspecified atom stereocenters. The normalized spacial score (nSPS) is 27.4. The number of hydrogen-bond donors (Lipinski definition) is 0. The number of nitrogens with zero attached hydrogens (tertiary/aromatic N) is 2. The quantitative estimate of drug-likeness (QED) is 0.837. The number of fused-ring (bicyclic) bond motifs is 2. The molecule has 2 aliphatic rings. The number of halogens is 1. The molecular formula is C19H21ClN2. The lowest BCUT2D eigenvalue weighted by Gasteiger charge is -2.25. The van der Waals surface area contributed by atoms with Crippen molar-refractivity contribution in [3.05, 3.63) is 64.9 Å². The lowest BCUT2D eigenvalue weighted by atomic mass is 9.84. The third kappa shape index (κ3) is 2.55. The summed E-state index contributed by atoms with van der Waals surface area (Å²) < 4.78 is 0. The fraction of sp³-hybridized carbons (Fsp3) is 0.421. The molecular weight excluding hydrogens is 292 g/mol. The van der Waals surface area contributed by atoms with E-state index < -0.39 is 0 Å². The summed E-state index contributed by atoms with van der Waals surface area (Å²) in [7, 11) is 0. The van der Waals surface area contributed by atoms with Gasteiger partial charge >= 0.3 is 0 Å². The summed E-state index contributed by atoms with van der Waals surface area (Å²) in [6.45, 7) is 1.17. The molecule has 0 spiro atoms. The first-order valence-corrected chi connectivity index (χ1v) is 8.60. The summed E-state index contributed by atoms with van der Waals surface area (Å²) in [5, 5.41) is 0.836. The van der Waals surface area contributed by atoms with Gasteiger partial charge in [0.2, 0.25) is 0 Å². The van der Waals surface area contributed by atoms with Crippen LogP contribution >= 0.6 is 11.6 Å². The maximum atomic E-state index is 6.38. The van der Waals surface area contributed by atoms with Crippen molar-refractivity contribution in [2.75, 3.05) is 6.54 Å². The molecule has 3 heterocycles. The first-order chi connectivity index (χ1) is 10.8. The summed E-state index contributed by atoms with van der Waals surface area (Å²) in [4.78, 5) is 6.86. The van der Waals surface area contributed by atoms with Gasteiger partial charge in [-0.1, -0.05) is 41.9 Å². The van der Waals surface area contributed by atoms with E-state index in [-0.39, 0.29) is 0 Å². The van der Waals surface area contributed by atoms with E-state index >= 15 is 0 Å². The average Bonchev–Trinajstić information content (AvgIpc) is 3.11. The van der Waals surface area contributed by atoms with Gasteiger partial charge in [0, 0.05) is 36.9 Å². The molecule has 1 aromatic heterocycles. The van der Waals surface area contributed by atoms with Gasteiger partial charge in [-0.05, 0) is 42.9 Å². The van der Waals surface area contributed by atoms with Crippen molar-refractivity contribution in [2.45, 2.75) is 43.7 Å². The molecule has 3 atom stereocenters. The highest BCUT2D eigenvalue weighted by Crippen LogP contribution is 2.47. The molecule has 2 saturated heterocycles. The lowest BCUT2D eigenvalue weighted by Crippen LogP contribution is -2.32.